The van der Waals surface area contributed by atoms with Crippen LogP contribution in [-0.4, -0.2) is 111 Å². The first kappa shape index (κ1) is 36.8. The number of rotatable bonds is 9. The molecule has 3 heterocycles. The molecule has 14 heteroatoms. The average molecular weight is 694 g/mol. The van der Waals surface area contributed by atoms with Gasteiger partial charge in [-0.05, 0) is 72.6 Å². The summed E-state index contributed by atoms with van der Waals surface area (Å²) in [5, 5.41) is 16.2. The summed E-state index contributed by atoms with van der Waals surface area (Å²) in [7, 11) is 6.41. The summed E-state index contributed by atoms with van der Waals surface area (Å²) in [6.45, 7) is 10.0. The van der Waals surface area contributed by atoms with E-state index in [0.29, 0.717) is 23.5 Å². The average Bonchev–Trinajstić information content (AvgIpc) is 3.04. The van der Waals surface area contributed by atoms with Gasteiger partial charge < -0.3 is 34.3 Å². The molecular weight excluding hydrogens is 646 g/mol. The fourth-order valence-electron chi connectivity index (χ4n) is 7.95. The summed E-state index contributed by atoms with van der Waals surface area (Å²) in [5.74, 6) is -0.298. The number of nitrogens with one attached hydrogen (secondary N) is 2. The van der Waals surface area contributed by atoms with Crippen LogP contribution in [0.4, 0.5) is 4.79 Å². The van der Waals surface area contributed by atoms with Gasteiger partial charge in [-0.1, -0.05) is 6.07 Å². The standard InChI is InChI=1S/C36H47N5O9/c1-17-11-20-12-22-24(14-37)41-23(28(40(22)7)26(20)33(31(17)47-9)49-16-46-8)13-21-27(30(43)32(48-10)18(2)29(21)42)25(41)15-38-34(44)19(3)39-35(45)50-36(4,5)6/h11,19,22-25,28H,12-13,15-16H2,1-10H3,(H,38,44)(H,39,45)/t19?,22?,23-,24-,25?,28?/m0/s1. The van der Waals surface area contributed by atoms with E-state index in [9.17, 15) is 24.4 Å². The number of methoxy groups -OCH3 is 3. The topological polar surface area (TPSA) is 169 Å². The molecule has 1 aromatic rings. The second-order valence-corrected chi connectivity index (χ2v) is 14.2. The first-order valence-electron chi connectivity index (χ1n) is 16.7. The van der Waals surface area contributed by atoms with Crippen molar-refractivity contribution in [1.29, 1.82) is 5.26 Å². The minimum absolute atomic E-state index is 0.0302. The molecule has 2 amide bonds. The van der Waals surface area contributed by atoms with Crippen LogP contribution >= 0.6 is 0 Å². The van der Waals surface area contributed by atoms with E-state index in [1.54, 1.807) is 34.8 Å². The molecule has 1 aliphatic carbocycles. The Balaban J connectivity index is 1.62. The van der Waals surface area contributed by atoms with Gasteiger partial charge in [-0.2, -0.15) is 5.26 Å². The van der Waals surface area contributed by atoms with Gasteiger partial charge >= 0.3 is 6.09 Å². The summed E-state index contributed by atoms with van der Waals surface area (Å²) in [4.78, 5) is 58.1. The number of aryl methyl sites for hydroxylation is 1. The monoisotopic (exact) mass is 693 g/mol. The van der Waals surface area contributed by atoms with E-state index >= 15 is 0 Å². The van der Waals surface area contributed by atoms with E-state index in [1.165, 1.54) is 21.1 Å². The highest BCUT2D eigenvalue weighted by Gasteiger charge is 2.58. The summed E-state index contributed by atoms with van der Waals surface area (Å²) < 4.78 is 28.1. The molecule has 1 saturated heterocycles. The fraction of sp³-hybridized carbons (Fsp3) is 0.583. The van der Waals surface area contributed by atoms with E-state index < -0.39 is 53.6 Å². The van der Waals surface area contributed by atoms with Crippen LogP contribution in [0.1, 0.15) is 63.8 Å². The zero-order chi connectivity index (χ0) is 36.8. The molecule has 0 saturated carbocycles. The number of likely N-dealkylation sites (N-methyl/N-ethyl adjacent to an activating group) is 1. The number of ether oxygens (including phenoxy) is 5. The molecule has 4 aliphatic rings. The first-order chi connectivity index (χ1) is 23.6. The van der Waals surface area contributed by atoms with Crippen molar-refractivity contribution in [1.82, 2.24) is 20.4 Å². The van der Waals surface area contributed by atoms with Crippen molar-refractivity contribution in [3.8, 4) is 17.6 Å². The van der Waals surface area contributed by atoms with Gasteiger partial charge in [-0.15, -0.1) is 0 Å². The maximum atomic E-state index is 14.1. The van der Waals surface area contributed by atoms with Gasteiger partial charge in [0.25, 0.3) is 0 Å². The van der Waals surface area contributed by atoms with Crippen molar-refractivity contribution in [2.75, 3.05) is 41.7 Å². The Morgan fingerprint density at radius 3 is 2.36 bits per heavy atom. The lowest BCUT2D eigenvalue weighted by atomic mass is 9.69. The third-order valence-electron chi connectivity index (χ3n) is 9.96. The Kier molecular flexibility index (Phi) is 10.3. The molecule has 1 fully saturated rings. The normalized spacial score (nSPS) is 25.5. The van der Waals surface area contributed by atoms with Crippen LogP contribution in [-0.2, 0) is 35.0 Å². The van der Waals surface area contributed by atoms with Crippen LogP contribution < -0.4 is 20.1 Å². The Morgan fingerprint density at radius 1 is 1.06 bits per heavy atom. The minimum atomic E-state index is -0.986. The molecule has 4 unspecified atom stereocenters. The zero-order valence-electron chi connectivity index (χ0n) is 30.4. The molecule has 3 aliphatic heterocycles. The SMILES string of the molecule is COCOc1c(OC)c(C)cc2c1C1[C@@H]3CC4=C(C(=O)C(OC)=C(C)C4=O)C(CNC(=O)C(C)NC(=O)OC(C)(C)C)N3[C@@H](C#N)C(C2)N1C. The van der Waals surface area contributed by atoms with Gasteiger partial charge in [0.2, 0.25) is 11.7 Å². The van der Waals surface area contributed by atoms with E-state index in [-0.39, 0.29) is 48.5 Å². The van der Waals surface area contributed by atoms with Gasteiger partial charge in [0, 0.05) is 48.0 Å². The highest BCUT2D eigenvalue weighted by molar-refractivity contribution is 6.25. The van der Waals surface area contributed by atoms with Crippen LogP contribution in [0.3, 0.4) is 0 Å². The summed E-state index contributed by atoms with van der Waals surface area (Å²) >= 11 is 0. The second kappa shape index (κ2) is 14.0. The molecule has 270 valence electrons. The number of fused-ring (bicyclic) bond motifs is 6. The molecule has 0 radical (unpaired) electrons. The number of nitrogens with zero attached hydrogens (tertiary/aromatic N) is 3. The molecule has 1 aromatic carbocycles. The predicted octanol–water partition coefficient (Wildman–Crippen LogP) is 2.63. The molecule has 6 atom stereocenters. The molecule has 2 N–H and O–H groups in total. The number of amides is 2. The Hall–Kier alpha value is -4.45. The zero-order valence-corrected chi connectivity index (χ0v) is 30.4. The minimum Gasteiger partial charge on any atom is -0.493 e. The van der Waals surface area contributed by atoms with Crippen LogP contribution in [0.5, 0.6) is 11.5 Å². The molecular formula is C36H47N5O9. The molecule has 5 rings (SSSR count). The lowest BCUT2D eigenvalue weighted by Crippen LogP contribution is -2.71. The van der Waals surface area contributed by atoms with E-state index in [4.69, 9.17) is 23.7 Å². The maximum Gasteiger partial charge on any atom is 0.408 e. The third-order valence-corrected chi connectivity index (χ3v) is 9.96. The second-order valence-electron chi connectivity index (χ2n) is 14.2. The number of allylic oxidation sites excluding steroid dienone is 2. The van der Waals surface area contributed by atoms with Crippen molar-refractivity contribution < 1.29 is 42.9 Å². The number of hydrogen-bond acceptors (Lipinski definition) is 12. The predicted molar refractivity (Wildman–Crippen MR) is 180 cm³/mol. The Morgan fingerprint density at radius 2 is 1.76 bits per heavy atom. The lowest BCUT2D eigenvalue weighted by molar-refractivity contribution is -0.125. The van der Waals surface area contributed by atoms with Gasteiger partial charge in [-0.25, -0.2) is 4.79 Å². The third kappa shape index (κ3) is 6.34. The number of carbonyl (C=O) groups is 4. The number of carbonyl (C=O) groups excluding carboxylic acids is 4. The van der Waals surface area contributed by atoms with Crippen molar-refractivity contribution in [2.24, 2.45) is 0 Å². The van der Waals surface area contributed by atoms with Crippen molar-refractivity contribution in [3.63, 3.8) is 0 Å². The van der Waals surface area contributed by atoms with Gasteiger partial charge in [0.15, 0.2) is 29.8 Å². The van der Waals surface area contributed by atoms with Crippen molar-refractivity contribution in [2.45, 2.75) is 96.2 Å². The number of benzene rings is 1. The fourth-order valence-corrected chi connectivity index (χ4v) is 7.95. The molecule has 14 nitrogen and oxygen atoms in total. The van der Waals surface area contributed by atoms with Gasteiger partial charge in [-0.3, -0.25) is 24.2 Å². The van der Waals surface area contributed by atoms with E-state index in [1.807, 2.05) is 18.9 Å². The van der Waals surface area contributed by atoms with Crippen molar-refractivity contribution in [3.05, 3.63) is 45.2 Å². The molecule has 2 bridgehead atoms. The number of hydrogen-bond donors (Lipinski definition) is 2. The highest BCUT2D eigenvalue weighted by Crippen LogP contribution is 2.54. The molecule has 0 spiro atoms. The molecule has 0 aromatic heterocycles. The van der Waals surface area contributed by atoms with Crippen LogP contribution in [0, 0.1) is 18.3 Å². The van der Waals surface area contributed by atoms with Crippen LogP contribution in [0.2, 0.25) is 0 Å². The van der Waals surface area contributed by atoms with Gasteiger partial charge in [0.05, 0.1) is 32.4 Å². The lowest BCUT2D eigenvalue weighted by Gasteiger charge is -2.60. The number of nitriles is 1. The molecule has 50 heavy (non-hydrogen) atoms. The van der Waals surface area contributed by atoms with E-state index in [2.05, 4.69) is 27.7 Å². The maximum absolute atomic E-state index is 14.1. The smallest absolute Gasteiger partial charge is 0.408 e. The number of piperazine rings is 1. The van der Waals surface area contributed by atoms with E-state index in [0.717, 1.165) is 16.7 Å². The number of ketones is 2. The summed E-state index contributed by atoms with van der Waals surface area (Å²) in [6, 6.07) is 0.775. The van der Waals surface area contributed by atoms with Crippen LogP contribution in [0.25, 0.3) is 0 Å². The number of Topliss-reactive ketones (excluding diaryl/α,β-unsaturated/α-hetero) is 2. The van der Waals surface area contributed by atoms with Gasteiger partial charge in [0.1, 0.15) is 17.7 Å². The quantitative estimate of drug-likeness (QED) is 0.287. The first-order valence-corrected chi connectivity index (χ1v) is 16.7. The van der Waals surface area contributed by atoms with Crippen LogP contribution in [0.15, 0.2) is 28.5 Å². The summed E-state index contributed by atoms with van der Waals surface area (Å²) in [5.41, 5.74) is 2.68. The Labute approximate surface area is 292 Å². The summed E-state index contributed by atoms with van der Waals surface area (Å²) in [6.07, 6.45) is -0.0997. The van der Waals surface area contributed by atoms with Crippen molar-refractivity contribution >= 4 is 23.6 Å². The number of alkyl carbamates (subject to hydrolysis) is 1. The largest absolute Gasteiger partial charge is 0.493 e. The highest BCUT2D eigenvalue weighted by atomic mass is 16.7. The Bertz CT molecular complexity index is 1700.